The van der Waals surface area contributed by atoms with Crippen molar-refractivity contribution in [3.63, 3.8) is 0 Å². The van der Waals surface area contributed by atoms with Gasteiger partial charge in [-0.05, 0) is 48.1 Å². The lowest BCUT2D eigenvalue weighted by Crippen LogP contribution is -2.36. The molecule has 1 amide bonds. The minimum absolute atomic E-state index is 0.162. The van der Waals surface area contributed by atoms with Crippen molar-refractivity contribution in [1.82, 2.24) is 9.47 Å². The van der Waals surface area contributed by atoms with Crippen molar-refractivity contribution in [2.45, 2.75) is 44.7 Å². The standard InChI is InChI=1S/C25H28N2O4/c1-26(21-5-3-4-6-21)24(28)14-17-7-8-18-11-12-27(22(18)13-17)16-20-10-9-19(25(29)30)15-23(20)31-2/h7-13,15,21H,3-6,14,16H2,1-2H3,(H,29,30). The van der Waals surface area contributed by atoms with E-state index in [-0.39, 0.29) is 11.5 Å². The van der Waals surface area contributed by atoms with Crippen LogP contribution in [0.3, 0.4) is 0 Å². The molecule has 6 nitrogen and oxygen atoms in total. The molecule has 0 radical (unpaired) electrons. The monoisotopic (exact) mass is 420 g/mol. The number of carboxylic acid groups (broad SMARTS) is 1. The lowest BCUT2D eigenvalue weighted by atomic mass is 10.1. The average molecular weight is 421 g/mol. The van der Waals surface area contributed by atoms with Crippen molar-refractivity contribution in [3.8, 4) is 5.75 Å². The molecule has 31 heavy (non-hydrogen) atoms. The zero-order valence-corrected chi connectivity index (χ0v) is 18.0. The lowest BCUT2D eigenvalue weighted by Gasteiger charge is -2.24. The maximum absolute atomic E-state index is 12.8. The molecule has 6 heteroatoms. The number of carbonyl (C=O) groups is 2. The number of hydrogen-bond donors (Lipinski definition) is 1. The molecule has 0 atom stereocenters. The van der Waals surface area contributed by atoms with Crippen molar-refractivity contribution in [2.24, 2.45) is 0 Å². The van der Waals surface area contributed by atoms with Crippen LogP contribution in [0.15, 0.2) is 48.7 Å². The summed E-state index contributed by atoms with van der Waals surface area (Å²) in [5, 5.41) is 10.3. The Kier molecular flexibility index (Phi) is 5.98. The van der Waals surface area contributed by atoms with E-state index in [1.807, 2.05) is 30.3 Å². The average Bonchev–Trinajstić information content (AvgIpc) is 3.44. The fourth-order valence-electron chi connectivity index (χ4n) is 4.46. The Balaban J connectivity index is 1.56. The predicted octanol–water partition coefficient (Wildman–Crippen LogP) is 4.34. The number of ether oxygens (including phenoxy) is 1. The number of amides is 1. The summed E-state index contributed by atoms with van der Waals surface area (Å²) in [6.07, 6.45) is 7.02. The number of carboxylic acids is 1. The topological polar surface area (TPSA) is 71.8 Å². The van der Waals surface area contributed by atoms with E-state index >= 15 is 0 Å². The minimum atomic E-state index is -0.979. The summed E-state index contributed by atoms with van der Waals surface area (Å²) in [5.74, 6) is -0.269. The highest BCUT2D eigenvalue weighted by Crippen LogP contribution is 2.26. The van der Waals surface area contributed by atoms with E-state index in [9.17, 15) is 14.7 Å². The SMILES string of the molecule is COc1cc(C(=O)O)ccc1Cn1ccc2ccc(CC(=O)N(C)C3CCCC3)cc21. The summed E-state index contributed by atoms with van der Waals surface area (Å²) in [6, 6.07) is 13.5. The van der Waals surface area contributed by atoms with E-state index in [4.69, 9.17) is 4.74 Å². The van der Waals surface area contributed by atoms with Crippen LogP contribution in [0.2, 0.25) is 0 Å². The molecule has 1 saturated carbocycles. The van der Waals surface area contributed by atoms with Gasteiger partial charge in [-0.3, -0.25) is 4.79 Å². The second-order valence-electron chi connectivity index (χ2n) is 8.29. The molecule has 1 N–H and O–H groups in total. The molecule has 4 rings (SSSR count). The molecule has 3 aromatic rings. The molecule has 1 aliphatic carbocycles. The Labute approximate surface area is 182 Å². The van der Waals surface area contributed by atoms with Crippen LogP contribution >= 0.6 is 0 Å². The van der Waals surface area contributed by atoms with Gasteiger partial charge < -0.3 is 19.3 Å². The zero-order chi connectivity index (χ0) is 22.0. The molecular formula is C25H28N2O4. The van der Waals surface area contributed by atoms with Crippen molar-refractivity contribution in [3.05, 3.63) is 65.4 Å². The molecule has 0 unspecified atom stereocenters. The molecule has 1 fully saturated rings. The Morgan fingerprint density at radius 1 is 1.13 bits per heavy atom. The van der Waals surface area contributed by atoms with Crippen molar-refractivity contribution in [2.75, 3.05) is 14.2 Å². The number of rotatable bonds is 7. The number of aromatic nitrogens is 1. The number of benzene rings is 2. The highest BCUT2D eigenvalue weighted by molar-refractivity contribution is 5.88. The number of nitrogens with zero attached hydrogens (tertiary/aromatic N) is 2. The summed E-state index contributed by atoms with van der Waals surface area (Å²) in [4.78, 5) is 25.9. The third-order valence-electron chi connectivity index (χ3n) is 6.33. The van der Waals surface area contributed by atoms with Crippen LogP contribution in [-0.2, 0) is 17.8 Å². The van der Waals surface area contributed by atoms with Crippen LogP contribution in [0.1, 0.15) is 47.2 Å². The fraction of sp³-hybridized carbons (Fsp3) is 0.360. The first-order valence-electron chi connectivity index (χ1n) is 10.7. The molecule has 0 bridgehead atoms. The van der Waals surface area contributed by atoms with Gasteiger partial charge in [0, 0.05) is 30.4 Å². The zero-order valence-electron chi connectivity index (χ0n) is 18.0. The second kappa shape index (κ2) is 8.84. The summed E-state index contributed by atoms with van der Waals surface area (Å²) >= 11 is 0. The van der Waals surface area contributed by atoms with Crippen LogP contribution in [0.4, 0.5) is 0 Å². The highest BCUT2D eigenvalue weighted by Gasteiger charge is 2.23. The first kappa shape index (κ1) is 21.0. The van der Waals surface area contributed by atoms with Gasteiger partial charge in [0.05, 0.1) is 25.6 Å². The van der Waals surface area contributed by atoms with Crippen LogP contribution in [0.25, 0.3) is 10.9 Å². The normalized spacial score (nSPS) is 14.1. The quantitative estimate of drug-likeness (QED) is 0.617. The Morgan fingerprint density at radius 2 is 1.90 bits per heavy atom. The van der Waals surface area contributed by atoms with Crippen LogP contribution in [0.5, 0.6) is 5.75 Å². The van der Waals surface area contributed by atoms with Crippen LogP contribution in [0, 0.1) is 0 Å². The van der Waals surface area contributed by atoms with Crippen molar-refractivity contribution < 1.29 is 19.4 Å². The summed E-state index contributed by atoms with van der Waals surface area (Å²) in [5.41, 5.74) is 3.13. The van der Waals surface area contributed by atoms with Crippen molar-refractivity contribution >= 4 is 22.8 Å². The summed E-state index contributed by atoms with van der Waals surface area (Å²) in [7, 11) is 3.47. The van der Waals surface area contributed by atoms with E-state index in [1.165, 1.54) is 12.8 Å². The summed E-state index contributed by atoms with van der Waals surface area (Å²) in [6.45, 7) is 0.548. The number of aromatic carboxylic acids is 1. The van der Waals surface area contributed by atoms with Crippen LogP contribution < -0.4 is 4.74 Å². The molecular weight excluding hydrogens is 392 g/mol. The van der Waals surface area contributed by atoms with Gasteiger partial charge in [0.25, 0.3) is 0 Å². The second-order valence-corrected chi connectivity index (χ2v) is 8.29. The lowest BCUT2D eigenvalue weighted by molar-refractivity contribution is -0.131. The van der Waals surface area contributed by atoms with Gasteiger partial charge in [-0.1, -0.05) is 31.0 Å². The largest absolute Gasteiger partial charge is 0.496 e. The molecule has 162 valence electrons. The Bertz CT molecular complexity index is 1110. The first-order chi connectivity index (χ1) is 15.0. The van der Waals surface area contributed by atoms with E-state index in [0.717, 1.165) is 34.9 Å². The van der Waals surface area contributed by atoms with Gasteiger partial charge in [-0.15, -0.1) is 0 Å². The molecule has 1 heterocycles. The molecule has 0 spiro atoms. The molecule has 2 aromatic carbocycles. The minimum Gasteiger partial charge on any atom is -0.496 e. The number of likely N-dealkylation sites (N-methyl/N-ethyl adjacent to an activating group) is 1. The molecule has 1 aromatic heterocycles. The smallest absolute Gasteiger partial charge is 0.335 e. The predicted molar refractivity (Wildman–Crippen MR) is 120 cm³/mol. The fourth-order valence-corrected chi connectivity index (χ4v) is 4.46. The summed E-state index contributed by atoms with van der Waals surface area (Å²) < 4.78 is 7.52. The van der Waals surface area contributed by atoms with Crippen molar-refractivity contribution in [1.29, 1.82) is 0 Å². The van der Waals surface area contributed by atoms with E-state index in [0.29, 0.717) is 24.8 Å². The van der Waals surface area contributed by atoms with Gasteiger partial charge in [-0.25, -0.2) is 4.79 Å². The molecule has 0 aliphatic heterocycles. The van der Waals surface area contributed by atoms with Gasteiger partial charge in [-0.2, -0.15) is 0 Å². The third kappa shape index (κ3) is 4.43. The maximum Gasteiger partial charge on any atom is 0.335 e. The van der Waals surface area contributed by atoms with Gasteiger partial charge >= 0.3 is 5.97 Å². The first-order valence-corrected chi connectivity index (χ1v) is 10.7. The highest BCUT2D eigenvalue weighted by atomic mass is 16.5. The van der Waals surface area contributed by atoms with E-state index in [2.05, 4.69) is 16.7 Å². The maximum atomic E-state index is 12.8. The number of hydrogen-bond acceptors (Lipinski definition) is 3. The number of carbonyl (C=O) groups excluding carboxylic acids is 1. The number of fused-ring (bicyclic) bond motifs is 1. The Morgan fingerprint density at radius 3 is 2.61 bits per heavy atom. The van der Waals surface area contributed by atoms with E-state index in [1.54, 1.807) is 25.3 Å². The molecule has 1 aliphatic rings. The van der Waals surface area contributed by atoms with E-state index < -0.39 is 5.97 Å². The van der Waals surface area contributed by atoms with Crippen LogP contribution in [-0.4, -0.2) is 46.6 Å². The van der Waals surface area contributed by atoms with Gasteiger partial charge in [0.15, 0.2) is 0 Å². The van der Waals surface area contributed by atoms with Gasteiger partial charge in [0.2, 0.25) is 5.91 Å². The molecule has 0 saturated heterocycles. The number of methoxy groups -OCH3 is 1. The third-order valence-corrected chi connectivity index (χ3v) is 6.33. The Hall–Kier alpha value is -3.28. The van der Waals surface area contributed by atoms with Gasteiger partial charge in [0.1, 0.15) is 5.75 Å².